The van der Waals surface area contributed by atoms with Crippen LogP contribution < -0.4 is 5.32 Å². The van der Waals surface area contributed by atoms with Gasteiger partial charge >= 0.3 is 0 Å². The summed E-state index contributed by atoms with van der Waals surface area (Å²) in [5, 5.41) is 12.3. The van der Waals surface area contributed by atoms with E-state index in [9.17, 15) is 9.90 Å². The monoisotopic (exact) mass is 389 g/mol. The van der Waals surface area contributed by atoms with Crippen LogP contribution in [0.1, 0.15) is 15.2 Å². The minimum Gasteiger partial charge on any atom is -0.507 e. The second kappa shape index (κ2) is 5.86. The van der Waals surface area contributed by atoms with Crippen molar-refractivity contribution < 1.29 is 9.90 Å². The zero-order valence-corrected chi connectivity index (χ0v) is 13.1. The van der Waals surface area contributed by atoms with Crippen molar-refractivity contribution >= 4 is 49.1 Å². The molecule has 0 aliphatic carbocycles. The van der Waals surface area contributed by atoms with Gasteiger partial charge in [-0.25, -0.2) is 0 Å². The fraction of sp³-hybridized carbons (Fsp3) is 0.0833. The lowest BCUT2D eigenvalue weighted by molar-refractivity contribution is 0.0951. The molecule has 6 heteroatoms. The number of phenols is 1. The average Bonchev–Trinajstić information content (AvgIpc) is 2.75. The summed E-state index contributed by atoms with van der Waals surface area (Å²) in [7, 11) is 0. The molecule has 1 amide bonds. The van der Waals surface area contributed by atoms with Crippen LogP contribution in [0.15, 0.2) is 38.6 Å². The maximum atomic E-state index is 11.8. The molecule has 0 aliphatic rings. The number of amides is 1. The quantitative estimate of drug-likeness (QED) is 0.834. The van der Waals surface area contributed by atoms with Gasteiger partial charge in [-0.1, -0.05) is 0 Å². The smallest absolute Gasteiger partial charge is 0.251 e. The van der Waals surface area contributed by atoms with Crippen molar-refractivity contribution in [2.24, 2.45) is 0 Å². The summed E-state index contributed by atoms with van der Waals surface area (Å²) in [6, 6.07) is 8.63. The number of phenolic OH excluding ortho intramolecular Hbond substituents is 1. The third-order valence-corrected chi connectivity index (χ3v) is 4.55. The Kier molecular flexibility index (Phi) is 4.42. The van der Waals surface area contributed by atoms with Crippen LogP contribution in [-0.2, 0) is 6.54 Å². The molecular formula is C12H9Br2NO2S. The maximum Gasteiger partial charge on any atom is 0.251 e. The summed E-state index contributed by atoms with van der Waals surface area (Å²) in [6.07, 6.45) is 0. The van der Waals surface area contributed by atoms with Crippen molar-refractivity contribution in [1.29, 1.82) is 0 Å². The Balaban J connectivity index is 2.01. The van der Waals surface area contributed by atoms with E-state index in [0.29, 0.717) is 16.6 Å². The number of thiophene rings is 1. The Bertz CT molecular complexity index is 583. The average molecular weight is 391 g/mol. The number of hydrogen-bond donors (Lipinski definition) is 2. The zero-order chi connectivity index (χ0) is 13.1. The fourth-order valence-corrected chi connectivity index (χ4v) is 3.04. The molecule has 0 saturated heterocycles. The molecule has 2 aromatic rings. The maximum absolute atomic E-state index is 11.8. The van der Waals surface area contributed by atoms with Crippen molar-refractivity contribution in [2.45, 2.75) is 6.54 Å². The Morgan fingerprint density at radius 3 is 2.67 bits per heavy atom. The molecule has 1 aromatic carbocycles. The molecule has 0 radical (unpaired) electrons. The van der Waals surface area contributed by atoms with E-state index in [2.05, 4.69) is 37.2 Å². The first-order chi connectivity index (χ1) is 8.56. The van der Waals surface area contributed by atoms with E-state index >= 15 is 0 Å². The van der Waals surface area contributed by atoms with Gasteiger partial charge in [0.15, 0.2) is 0 Å². The second-order valence-corrected chi connectivity index (χ2v) is 6.96. The lowest BCUT2D eigenvalue weighted by Gasteiger charge is -2.05. The number of hydrogen-bond acceptors (Lipinski definition) is 3. The van der Waals surface area contributed by atoms with Gasteiger partial charge in [-0.15, -0.1) is 11.3 Å². The molecule has 0 aliphatic heterocycles. The van der Waals surface area contributed by atoms with Crippen molar-refractivity contribution in [3.8, 4) is 5.75 Å². The van der Waals surface area contributed by atoms with Crippen LogP contribution in [0.25, 0.3) is 0 Å². The summed E-state index contributed by atoms with van der Waals surface area (Å²) < 4.78 is 1.61. The summed E-state index contributed by atoms with van der Waals surface area (Å²) in [5.74, 6) is -0.149. The highest BCUT2D eigenvalue weighted by Gasteiger charge is 2.08. The van der Waals surface area contributed by atoms with Crippen LogP contribution in [0.4, 0.5) is 0 Å². The van der Waals surface area contributed by atoms with Crippen LogP contribution in [0.5, 0.6) is 5.75 Å². The number of aromatic hydroxyl groups is 1. The SMILES string of the molecule is O=C(NCc1ccc(Br)s1)c1ccc(Br)c(O)c1. The predicted molar refractivity (Wildman–Crippen MR) is 79.0 cm³/mol. The van der Waals surface area contributed by atoms with Gasteiger partial charge in [-0.3, -0.25) is 4.79 Å². The number of rotatable bonds is 3. The third kappa shape index (κ3) is 3.34. The van der Waals surface area contributed by atoms with Crippen LogP contribution >= 0.6 is 43.2 Å². The van der Waals surface area contributed by atoms with Gasteiger partial charge in [0.25, 0.3) is 5.91 Å². The van der Waals surface area contributed by atoms with Crippen LogP contribution in [0.2, 0.25) is 0 Å². The highest BCUT2D eigenvalue weighted by atomic mass is 79.9. The van der Waals surface area contributed by atoms with Crippen LogP contribution in [0.3, 0.4) is 0 Å². The highest BCUT2D eigenvalue weighted by molar-refractivity contribution is 9.11. The molecule has 0 spiro atoms. The first kappa shape index (κ1) is 13.6. The minimum absolute atomic E-state index is 0.0570. The van der Waals surface area contributed by atoms with Crippen molar-refractivity contribution in [3.05, 3.63) is 49.0 Å². The molecule has 0 saturated carbocycles. The van der Waals surface area contributed by atoms with Gasteiger partial charge in [0.05, 0.1) is 14.8 Å². The molecule has 94 valence electrons. The minimum atomic E-state index is -0.206. The van der Waals surface area contributed by atoms with E-state index in [1.165, 1.54) is 6.07 Å². The Labute approximate surface area is 125 Å². The number of nitrogens with one attached hydrogen (secondary N) is 1. The first-order valence-electron chi connectivity index (χ1n) is 5.07. The van der Waals surface area contributed by atoms with E-state index in [1.807, 2.05) is 12.1 Å². The molecule has 0 atom stereocenters. The van der Waals surface area contributed by atoms with Gasteiger partial charge < -0.3 is 10.4 Å². The van der Waals surface area contributed by atoms with Crippen LogP contribution in [-0.4, -0.2) is 11.0 Å². The van der Waals surface area contributed by atoms with Crippen molar-refractivity contribution in [1.82, 2.24) is 5.32 Å². The summed E-state index contributed by atoms with van der Waals surface area (Å²) in [6.45, 7) is 0.478. The molecule has 3 nitrogen and oxygen atoms in total. The predicted octanol–water partition coefficient (Wildman–Crippen LogP) is 3.91. The van der Waals surface area contributed by atoms with Gasteiger partial charge in [0, 0.05) is 10.4 Å². The normalized spacial score (nSPS) is 10.3. The topological polar surface area (TPSA) is 49.3 Å². The van der Waals surface area contributed by atoms with Gasteiger partial charge in [0.2, 0.25) is 0 Å². The fourth-order valence-electron chi connectivity index (χ4n) is 1.37. The Morgan fingerprint density at radius 2 is 2.06 bits per heavy atom. The molecule has 1 aromatic heterocycles. The Morgan fingerprint density at radius 1 is 1.28 bits per heavy atom. The molecule has 18 heavy (non-hydrogen) atoms. The van der Waals surface area contributed by atoms with E-state index in [0.717, 1.165) is 8.66 Å². The Hall–Kier alpha value is -0.850. The largest absolute Gasteiger partial charge is 0.507 e. The molecule has 0 fully saturated rings. The molecule has 0 unspecified atom stereocenters. The zero-order valence-electron chi connectivity index (χ0n) is 9.11. The first-order valence-corrected chi connectivity index (χ1v) is 7.47. The molecule has 0 bridgehead atoms. The number of benzene rings is 1. The van der Waals surface area contributed by atoms with Crippen LogP contribution in [0, 0.1) is 0 Å². The highest BCUT2D eigenvalue weighted by Crippen LogP contribution is 2.24. The van der Waals surface area contributed by atoms with Crippen molar-refractivity contribution in [2.75, 3.05) is 0 Å². The second-order valence-electron chi connectivity index (χ2n) is 3.55. The number of halogens is 2. The molecule has 2 rings (SSSR count). The number of carbonyl (C=O) groups is 1. The summed E-state index contributed by atoms with van der Waals surface area (Å²) in [5.41, 5.74) is 0.436. The standard InChI is InChI=1S/C12H9Br2NO2S/c13-9-3-1-7(5-10(9)16)12(17)15-6-8-2-4-11(14)18-8/h1-5,16H,6H2,(H,15,17). The molecular weight excluding hydrogens is 382 g/mol. The summed E-state index contributed by atoms with van der Waals surface area (Å²) in [4.78, 5) is 12.9. The third-order valence-electron chi connectivity index (χ3n) is 2.26. The van der Waals surface area contributed by atoms with E-state index < -0.39 is 0 Å². The van der Waals surface area contributed by atoms with Gasteiger partial charge in [0.1, 0.15) is 5.75 Å². The molecule has 1 heterocycles. The van der Waals surface area contributed by atoms with Gasteiger partial charge in [-0.05, 0) is 62.2 Å². The van der Waals surface area contributed by atoms with E-state index in [4.69, 9.17) is 0 Å². The lowest BCUT2D eigenvalue weighted by atomic mass is 10.2. The van der Waals surface area contributed by atoms with Gasteiger partial charge in [-0.2, -0.15) is 0 Å². The molecule has 2 N–H and O–H groups in total. The number of carbonyl (C=O) groups excluding carboxylic acids is 1. The lowest BCUT2D eigenvalue weighted by Crippen LogP contribution is -2.22. The van der Waals surface area contributed by atoms with E-state index in [-0.39, 0.29) is 11.7 Å². The van der Waals surface area contributed by atoms with E-state index in [1.54, 1.807) is 23.5 Å². The van der Waals surface area contributed by atoms with Crippen molar-refractivity contribution in [3.63, 3.8) is 0 Å². The summed E-state index contributed by atoms with van der Waals surface area (Å²) >= 11 is 8.12.